The number of ether oxygens (including phenoxy) is 3. The average molecular weight is 458 g/mol. The Hall–Kier alpha value is -2.87. The smallest absolute Gasteiger partial charge is 0.254 e. The van der Waals surface area contributed by atoms with Crippen LogP contribution in [-0.2, 0) is 22.6 Å². The maximum Gasteiger partial charge on any atom is 0.254 e. The van der Waals surface area contributed by atoms with E-state index in [1.54, 1.807) is 19.4 Å². The van der Waals surface area contributed by atoms with E-state index >= 15 is 0 Å². The zero-order valence-electron chi connectivity index (χ0n) is 18.2. The number of morpholine rings is 1. The Labute approximate surface area is 193 Å². The zero-order chi connectivity index (χ0) is 22.8. The molecule has 0 bridgehead atoms. The topological polar surface area (TPSA) is 72.4 Å². The average Bonchev–Trinajstić information content (AvgIpc) is 2.80. The van der Waals surface area contributed by atoms with Crippen LogP contribution in [0, 0.1) is 0 Å². The lowest BCUT2D eigenvalue weighted by atomic mass is 10.1. The maximum atomic E-state index is 12.1. The Morgan fingerprint density at radius 2 is 2.03 bits per heavy atom. The van der Waals surface area contributed by atoms with Crippen molar-refractivity contribution in [1.29, 1.82) is 0 Å². The van der Waals surface area contributed by atoms with Crippen molar-refractivity contribution < 1.29 is 19.0 Å². The highest BCUT2D eigenvalue weighted by atomic mass is 35.5. The third kappa shape index (κ3) is 7.09. The van der Waals surface area contributed by atoms with Gasteiger partial charge >= 0.3 is 0 Å². The molecule has 1 heterocycles. The number of carbonyl (C=O) groups is 1. The molecule has 0 saturated carbocycles. The summed E-state index contributed by atoms with van der Waals surface area (Å²) in [4.78, 5) is 14.1. The van der Waals surface area contributed by atoms with E-state index in [-0.39, 0.29) is 5.91 Å². The fraction of sp³-hybridized carbons (Fsp3) is 0.333. The molecule has 0 aromatic heterocycles. The van der Waals surface area contributed by atoms with Gasteiger partial charge in [-0.25, -0.2) is 5.43 Å². The van der Waals surface area contributed by atoms with Crippen molar-refractivity contribution in [3.8, 4) is 11.5 Å². The first-order valence-electron chi connectivity index (χ1n) is 10.4. The van der Waals surface area contributed by atoms with Crippen LogP contribution in [0.3, 0.4) is 0 Å². The summed E-state index contributed by atoms with van der Waals surface area (Å²) in [7, 11) is 1.59. The third-order valence-corrected chi connectivity index (χ3v) is 5.16. The summed E-state index contributed by atoms with van der Waals surface area (Å²) < 4.78 is 16.9. The molecule has 0 unspecified atom stereocenters. The summed E-state index contributed by atoms with van der Waals surface area (Å²) >= 11 is 5.95. The molecule has 0 radical (unpaired) electrons. The highest BCUT2D eigenvalue weighted by molar-refractivity contribution is 6.30. The van der Waals surface area contributed by atoms with Crippen molar-refractivity contribution >= 4 is 23.7 Å². The fourth-order valence-corrected chi connectivity index (χ4v) is 3.42. The number of hydrogen-bond donors (Lipinski definition) is 1. The quantitative estimate of drug-likeness (QED) is 0.336. The van der Waals surface area contributed by atoms with E-state index in [4.69, 9.17) is 25.8 Å². The molecule has 8 heteroatoms. The number of nitrogens with zero attached hydrogens (tertiary/aromatic N) is 2. The van der Waals surface area contributed by atoms with Crippen LogP contribution in [0.5, 0.6) is 11.5 Å². The second kappa shape index (κ2) is 12.2. The predicted molar refractivity (Wildman–Crippen MR) is 126 cm³/mol. The van der Waals surface area contributed by atoms with Gasteiger partial charge in [0.1, 0.15) is 6.61 Å². The molecular formula is C24H28ClN3O4. The molecule has 3 rings (SSSR count). The standard InChI is InChI=1S/C24H28ClN3O4/c1-3-4-20-13-19(15-26-27-23(29)16-28-9-11-31-12-10-28)14-22(30-2)24(20)32-17-18-5-7-21(25)8-6-18/h3,5-8,13-15H,1,4,9-12,16-17H2,2H3,(H,27,29)/b26-15+. The minimum absolute atomic E-state index is 0.163. The molecule has 1 amide bonds. The van der Waals surface area contributed by atoms with Crippen molar-refractivity contribution in [3.63, 3.8) is 0 Å². The number of hydrogen-bond acceptors (Lipinski definition) is 6. The molecular weight excluding hydrogens is 430 g/mol. The van der Waals surface area contributed by atoms with Gasteiger partial charge in [-0.3, -0.25) is 9.69 Å². The van der Waals surface area contributed by atoms with Crippen LogP contribution in [0.2, 0.25) is 5.02 Å². The van der Waals surface area contributed by atoms with E-state index in [9.17, 15) is 4.79 Å². The van der Waals surface area contributed by atoms with Crippen LogP contribution in [0.25, 0.3) is 0 Å². The van der Waals surface area contributed by atoms with E-state index in [1.807, 2.05) is 41.3 Å². The van der Waals surface area contributed by atoms with E-state index in [0.717, 1.165) is 29.8 Å². The normalized spacial score (nSPS) is 14.3. The molecule has 0 spiro atoms. The molecule has 1 fully saturated rings. The van der Waals surface area contributed by atoms with Crippen molar-refractivity contribution in [1.82, 2.24) is 10.3 Å². The summed E-state index contributed by atoms with van der Waals surface area (Å²) in [5.41, 5.74) is 5.27. The summed E-state index contributed by atoms with van der Waals surface area (Å²) in [5, 5.41) is 4.78. The van der Waals surface area contributed by atoms with Crippen LogP contribution < -0.4 is 14.9 Å². The number of rotatable bonds is 10. The summed E-state index contributed by atoms with van der Waals surface area (Å²) in [6.45, 7) is 7.30. The van der Waals surface area contributed by atoms with Crippen LogP contribution >= 0.6 is 11.6 Å². The lowest BCUT2D eigenvalue weighted by Crippen LogP contribution is -2.42. The third-order valence-electron chi connectivity index (χ3n) is 4.91. The van der Waals surface area contributed by atoms with Gasteiger partial charge in [0.05, 0.1) is 33.1 Å². The van der Waals surface area contributed by atoms with Crippen molar-refractivity contribution in [3.05, 3.63) is 70.8 Å². The van der Waals surface area contributed by atoms with Crippen molar-refractivity contribution in [2.45, 2.75) is 13.0 Å². The van der Waals surface area contributed by atoms with E-state index < -0.39 is 0 Å². The first-order valence-corrected chi connectivity index (χ1v) is 10.8. The van der Waals surface area contributed by atoms with Gasteiger partial charge in [-0.2, -0.15) is 5.10 Å². The maximum absolute atomic E-state index is 12.1. The molecule has 0 atom stereocenters. The van der Waals surface area contributed by atoms with Crippen LogP contribution in [0.4, 0.5) is 0 Å². The summed E-state index contributed by atoms with van der Waals surface area (Å²) in [6.07, 6.45) is 3.99. The van der Waals surface area contributed by atoms with Crippen LogP contribution in [0.1, 0.15) is 16.7 Å². The Morgan fingerprint density at radius 1 is 1.28 bits per heavy atom. The number of methoxy groups -OCH3 is 1. The zero-order valence-corrected chi connectivity index (χ0v) is 18.9. The van der Waals surface area contributed by atoms with Gasteiger partial charge in [-0.05, 0) is 41.8 Å². The molecule has 32 heavy (non-hydrogen) atoms. The highest BCUT2D eigenvalue weighted by Crippen LogP contribution is 2.34. The molecule has 7 nitrogen and oxygen atoms in total. The van der Waals surface area contributed by atoms with Gasteiger partial charge in [0.15, 0.2) is 11.5 Å². The molecule has 1 saturated heterocycles. The Bertz CT molecular complexity index is 941. The first-order chi connectivity index (χ1) is 15.6. The molecule has 170 valence electrons. The second-order valence-corrected chi connectivity index (χ2v) is 7.74. The number of benzene rings is 2. The lowest BCUT2D eigenvalue weighted by molar-refractivity contribution is -0.123. The SMILES string of the molecule is C=CCc1cc(/C=N/NC(=O)CN2CCOCC2)cc(OC)c1OCc1ccc(Cl)cc1. The van der Waals surface area contributed by atoms with Crippen molar-refractivity contribution in [2.75, 3.05) is 40.0 Å². The number of carbonyl (C=O) groups excluding carboxylic acids is 1. The Kier molecular flexibility index (Phi) is 9.10. The Morgan fingerprint density at radius 3 is 2.72 bits per heavy atom. The highest BCUT2D eigenvalue weighted by Gasteiger charge is 2.14. The lowest BCUT2D eigenvalue weighted by Gasteiger charge is -2.25. The van der Waals surface area contributed by atoms with E-state index in [1.165, 1.54) is 0 Å². The summed E-state index contributed by atoms with van der Waals surface area (Å²) in [6, 6.07) is 11.3. The minimum atomic E-state index is -0.163. The molecule has 1 aliphatic heterocycles. The van der Waals surface area contributed by atoms with E-state index in [0.29, 0.717) is 49.3 Å². The number of amides is 1. The van der Waals surface area contributed by atoms with Gasteiger partial charge in [0, 0.05) is 23.7 Å². The van der Waals surface area contributed by atoms with E-state index in [2.05, 4.69) is 17.1 Å². The number of allylic oxidation sites excluding steroid dienone is 1. The van der Waals surface area contributed by atoms with Crippen molar-refractivity contribution in [2.24, 2.45) is 5.10 Å². The second-order valence-electron chi connectivity index (χ2n) is 7.30. The number of hydrazone groups is 1. The van der Waals surface area contributed by atoms with Crippen LogP contribution in [0.15, 0.2) is 54.2 Å². The number of halogens is 1. The van der Waals surface area contributed by atoms with Gasteiger partial charge in [0.25, 0.3) is 5.91 Å². The van der Waals surface area contributed by atoms with Gasteiger partial charge < -0.3 is 14.2 Å². The summed E-state index contributed by atoms with van der Waals surface area (Å²) in [5.74, 6) is 1.07. The molecule has 2 aromatic carbocycles. The van der Waals surface area contributed by atoms with Gasteiger partial charge in [0.2, 0.25) is 0 Å². The fourth-order valence-electron chi connectivity index (χ4n) is 3.29. The van der Waals surface area contributed by atoms with Crippen LogP contribution in [-0.4, -0.2) is 57.0 Å². The largest absolute Gasteiger partial charge is 0.493 e. The molecule has 0 aliphatic carbocycles. The van der Waals surface area contributed by atoms with Gasteiger partial charge in [-0.15, -0.1) is 6.58 Å². The molecule has 2 aromatic rings. The minimum Gasteiger partial charge on any atom is -0.493 e. The van der Waals surface area contributed by atoms with Gasteiger partial charge in [-0.1, -0.05) is 29.8 Å². The molecule has 1 aliphatic rings. The monoisotopic (exact) mass is 457 g/mol. The molecule has 1 N–H and O–H groups in total. The first kappa shape index (κ1) is 23.8. The predicted octanol–water partition coefficient (Wildman–Crippen LogP) is 3.44. The Balaban J connectivity index is 1.67. The number of nitrogens with one attached hydrogen (secondary N) is 1.